The largest absolute Gasteiger partial charge is 0.312 e. The number of amides is 1. The average Bonchev–Trinajstić information content (AvgIpc) is 3.33. The highest BCUT2D eigenvalue weighted by Crippen LogP contribution is 2.36. The van der Waals surface area contributed by atoms with Crippen LogP contribution in [0.15, 0.2) is 35.2 Å². The van der Waals surface area contributed by atoms with Crippen LogP contribution in [0.4, 0.5) is 11.4 Å². The van der Waals surface area contributed by atoms with E-state index >= 15 is 0 Å². The first-order valence-corrected chi connectivity index (χ1v) is 11.9. The summed E-state index contributed by atoms with van der Waals surface area (Å²) < 4.78 is 28.4. The van der Waals surface area contributed by atoms with Gasteiger partial charge in [-0.15, -0.1) is 0 Å². The number of nitrogens with one attached hydrogen (secondary N) is 1. The van der Waals surface area contributed by atoms with Crippen LogP contribution in [0.1, 0.15) is 36.8 Å². The molecule has 0 saturated heterocycles. The SMILES string of the molecule is Cc1cc(S(=O)(=O)Nc2ccc3c(c2)N(C(=O)C2CCCC2)CC3)c(Cl)cc1Cl. The third-order valence-corrected chi connectivity index (χ3v) is 7.96. The second-order valence-electron chi connectivity index (χ2n) is 7.70. The Kier molecular flexibility index (Phi) is 5.53. The molecule has 0 spiro atoms. The summed E-state index contributed by atoms with van der Waals surface area (Å²) in [5.41, 5.74) is 2.87. The molecular formula is C21H22Cl2N2O3S. The molecule has 5 nitrogen and oxygen atoms in total. The monoisotopic (exact) mass is 452 g/mol. The van der Waals surface area contributed by atoms with E-state index in [-0.39, 0.29) is 21.7 Å². The standard InChI is InChI=1S/C21H22Cl2N2O3S/c1-13-10-20(18(23)12-17(13)22)29(27,28)24-16-7-6-14-8-9-25(19(14)11-16)21(26)15-4-2-3-5-15/h6-7,10-12,15,24H,2-5,8-9H2,1H3. The molecule has 2 aliphatic rings. The van der Waals surface area contributed by atoms with Crippen molar-refractivity contribution < 1.29 is 13.2 Å². The van der Waals surface area contributed by atoms with Crippen LogP contribution >= 0.6 is 23.2 Å². The van der Waals surface area contributed by atoms with Crippen molar-refractivity contribution >= 4 is 50.5 Å². The molecule has 154 valence electrons. The van der Waals surface area contributed by atoms with Gasteiger partial charge in [0.2, 0.25) is 5.91 Å². The van der Waals surface area contributed by atoms with Crippen LogP contribution in [-0.2, 0) is 21.2 Å². The van der Waals surface area contributed by atoms with E-state index in [9.17, 15) is 13.2 Å². The smallest absolute Gasteiger partial charge is 0.263 e. The highest BCUT2D eigenvalue weighted by molar-refractivity contribution is 7.92. The van der Waals surface area contributed by atoms with Crippen LogP contribution in [0.5, 0.6) is 0 Å². The van der Waals surface area contributed by atoms with Gasteiger partial charge in [0.1, 0.15) is 4.90 Å². The molecule has 29 heavy (non-hydrogen) atoms. The van der Waals surface area contributed by atoms with Gasteiger partial charge in [-0.1, -0.05) is 42.1 Å². The number of rotatable bonds is 4. The molecule has 1 amide bonds. The number of fused-ring (bicyclic) bond motifs is 1. The predicted octanol–water partition coefficient (Wildman–Crippen LogP) is 5.18. The molecule has 4 rings (SSSR count). The minimum atomic E-state index is -3.90. The highest BCUT2D eigenvalue weighted by Gasteiger charge is 2.32. The van der Waals surface area contributed by atoms with Gasteiger partial charge in [-0.2, -0.15) is 0 Å². The summed E-state index contributed by atoms with van der Waals surface area (Å²) >= 11 is 12.1. The van der Waals surface area contributed by atoms with Gasteiger partial charge in [-0.05, 0) is 61.6 Å². The summed E-state index contributed by atoms with van der Waals surface area (Å²) in [6, 6.07) is 8.22. The number of sulfonamides is 1. The van der Waals surface area contributed by atoms with E-state index in [1.807, 2.05) is 11.0 Å². The van der Waals surface area contributed by atoms with Gasteiger partial charge in [-0.3, -0.25) is 9.52 Å². The first kappa shape index (κ1) is 20.5. The van der Waals surface area contributed by atoms with Gasteiger partial charge in [0.15, 0.2) is 0 Å². The molecule has 1 aliphatic heterocycles. The van der Waals surface area contributed by atoms with Crippen molar-refractivity contribution in [1.29, 1.82) is 0 Å². The van der Waals surface area contributed by atoms with Crippen molar-refractivity contribution in [3.63, 3.8) is 0 Å². The number of carbonyl (C=O) groups is 1. The molecular weight excluding hydrogens is 431 g/mol. The number of nitrogens with zero attached hydrogens (tertiary/aromatic N) is 1. The fraction of sp³-hybridized carbons (Fsp3) is 0.381. The molecule has 0 unspecified atom stereocenters. The van der Waals surface area contributed by atoms with Gasteiger partial charge >= 0.3 is 0 Å². The van der Waals surface area contributed by atoms with Crippen LogP contribution < -0.4 is 9.62 Å². The van der Waals surface area contributed by atoms with Crippen molar-refractivity contribution in [3.05, 3.63) is 51.5 Å². The number of carbonyl (C=O) groups excluding carboxylic acids is 1. The van der Waals surface area contributed by atoms with Gasteiger partial charge in [0.25, 0.3) is 10.0 Å². The van der Waals surface area contributed by atoms with Crippen molar-refractivity contribution in [1.82, 2.24) is 0 Å². The molecule has 1 saturated carbocycles. The maximum absolute atomic E-state index is 12.9. The lowest BCUT2D eigenvalue weighted by atomic mass is 10.1. The number of hydrogen-bond donors (Lipinski definition) is 1. The minimum Gasteiger partial charge on any atom is -0.312 e. The maximum atomic E-state index is 12.9. The van der Waals surface area contributed by atoms with Crippen molar-refractivity contribution in [2.45, 2.75) is 43.9 Å². The average molecular weight is 453 g/mol. The highest BCUT2D eigenvalue weighted by atomic mass is 35.5. The number of benzene rings is 2. The first-order valence-electron chi connectivity index (χ1n) is 9.69. The van der Waals surface area contributed by atoms with Crippen LogP contribution in [0.25, 0.3) is 0 Å². The van der Waals surface area contributed by atoms with Crippen molar-refractivity contribution in [2.24, 2.45) is 5.92 Å². The zero-order chi connectivity index (χ0) is 20.8. The molecule has 1 fully saturated rings. The van der Waals surface area contributed by atoms with Crippen molar-refractivity contribution in [3.8, 4) is 0 Å². The summed E-state index contributed by atoms with van der Waals surface area (Å²) in [4.78, 5) is 14.7. The molecule has 2 aromatic rings. The Hall–Kier alpha value is -1.76. The van der Waals surface area contributed by atoms with Crippen LogP contribution in [0.2, 0.25) is 10.0 Å². The Morgan fingerprint density at radius 2 is 1.83 bits per heavy atom. The summed E-state index contributed by atoms with van der Waals surface area (Å²) in [5.74, 6) is 0.231. The predicted molar refractivity (Wildman–Crippen MR) is 116 cm³/mol. The van der Waals surface area contributed by atoms with Gasteiger partial charge in [0, 0.05) is 23.2 Å². The van der Waals surface area contributed by atoms with E-state index in [1.165, 1.54) is 12.1 Å². The molecule has 1 N–H and O–H groups in total. The van der Waals surface area contributed by atoms with Crippen molar-refractivity contribution in [2.75, 3.05) is 16.2 Å². The number of anilines is 2. The normalized spacial score (nSPS) is 16.9. The van der Waals surface area contributed by atoms with E-state index in [0.717, 1.165) is 43.4 Å². The van der Waals surface area contributed by atoms with Gasteiger partial charge in [0.05, 0.1) is 10.7 Å². The molecule has 1 heterocycles. The molecule has 0 aromatic heterocycles. The zero-order valence-corrected chi connectivity index (χ0v) is 18.4. The summed E-state index contributed by atoms with van der Waals surface area (Å²) in [7, 11) is -3.90. The fourth-order valence-corrected chi connectivity index (χ4v) is 5.99. The quantitative estimate of drug-likeness (QED) is 0.694. The molecule has 8 heteroatoms. The number of hydrogen-bond acceptors (Lipinski definition) is 3. The number of aryl methyl sites for hydroxylation is 1. The topological polar surface area (TPSA) is 66.5 Å². The van der Waals surface area contributed by atoms with E-state index in [2.05, 4.69) is 4.72 Å². The Bertz CT molecular complexity index is 1080. The molecule has 2 aromatic carbocycles. The maximum Gasteiger partial charge on any atom is 0.263 e. The van der Waals surface area contributed by atoms with E-state index in [4.69, 9.17) is 23.2 Å². The van der Waals surface area contributed by atoms with Gasteiger partial charge < -0.3 is 4.90 Å². The van der Waals surface area contributed by atoms with E-state index in [1.54, 1.807) is 19.1 Å². The lowest BCUT2D eigenvalue weighted by molar-refractivity contribution is -0.122. The zero-order valence-electron chi connectivity index (χ0n) is 16.0. The molecule has 0 atom stereocenters. The first-order chi connectivity index (χ1) is 13.8. The van der Waals surface area contributed by atoms with Crippen LogP contribution in [0, 0.1) is 12.8 Å². The van der Waals surface area contributed by atoms with Gasteiger partial charge in [-0.25, -0.2) is 8.42 Å². The van der Waals surface area contributed by atoms with E-state index in [0.29, 0.717) is 22.8 Å². The Morgan fingerprint density at radius 3 is 2.55 bits per heavy atom. The third kappa shape index (κ3) is 3.98. The Labute approximate surface area is 181 Å². The van der Waals surface area contributed by atoms with Crippen LogP contribution in [0.3, 0.4) is 0 Å². The Balaban J connectivity index is 1.62. The summed E-state index contributed by atoms with van der Waals surface area (Å²) in [6.45, 7) is 2.36. The fourth-order valence-electron chi connectivity index (χ4n) is 4.11. The molecule has 0 bridgehead atoms. The number of halogens is 2. The Morgan fingerprint density at radius 1 is 1.10 bits per heavy atom. The summed E-state index contributed by atoms with van der Waals surface area (Å²) in [6.07, 6.45) is 4.84. The molecule has 0 radical (unpaired) electrons. The lowest BCUT2D eigenvalue weighted by Crippen LogP contribution is -2.33. The second kappa shape index (κ2) is 7.82. The van der Waals surface area contributed by atoms with E-state index < -0.39 is 10.0 Å². The minimum absolute atomic E-state index is 0.0274. The molecule has 1 aliphatic carbocycles. The summed E-state index contributed by atoms with van der Waals surface area (Å²) in [5, 5.41) is 0.472. The third-order valence-electron chi connectivity index (χ3n) is 5.71. The second-order valence-corrected chi connectivity index (χ2v) is 10.2. The lowest BCUT2D eigenvalue weighted by Gasteiger charge is -2.22. The van der Waals surface area contributed by atoms with Crippen LogP contribution in [-0.4, -0.2) is 20.9 Å².